The quantitative estimate of drug-likeness (QED) is 0.789. The van der Waals surface area contributed by atoms with Crippen molar-refractivity contribution in [3.63, 3.8) is 0 Å². The first-order valence-electron chi connectivity index (χ1n) is 5.72. The van der Waals surface area contributed by atoms with Gasteiger partial charge in [-0.1, -0.05) is 6.07 Å². The van der Waals surface area contributed by atoms with E-state index in [2.05, 4.69) is 0 Å². The highest BCUT2D eigenvalue weighted by Gasteiger charge is 2.29. The van der Waals surface area contributed by atoms with Crippen LogP contribution < -0.4 is 4.74 Å². The summed E-state index contributed by atoms with van der Waals surface area (Å²) < 4.78 is 18.8. The third-order valence-corrected chi connectivity index (χ3v) is 3.24. The largest absolute Gasteiger partial charge is 0.497 e. The summed E-state index contributed by atoms with van der Waals surface area (Å²) in [6.45, 7) is 0.757. The van der Waals surface area contributed by atoms with Gasteiger partial charge in [-0.2, -0.15) is 0 Å². The van der Waals surface area contributed by atoms with Crippen molar-refractivity contribution in [2.45, 2.75) is 18.8 Å². The molecule has 4 heteroatoms. The molecule has 17 heavy (non-hydrogen) atoms. The van der Waals surface area contributed by atoms with E-state index in [-0.39, 0.29) is 17.6 Å². The van der Waals surface area contributed by atoms with E-state index in [1.165, 1.54) is 13.2 Å². The second-order valence-corrected chi connectivity index (χ2v) is 4.34. The minimum Gasteiger partial charge on any atom is -0.497 e. The van der Waals surface area contributed by atoms with Crippen molar-refractivity contribution >= 4 is 5.91 Å². The number of amides is 1. The molecule has 1 aliphatic rings. The third-order valence-electron chi connectivity index (χ3n) is 3.24. The normalized spacial score (nSPS) is 20.5. The number of piperidine rings is 1. The summed E-state index contributed by atoms with van der Waals surface area (Å²) in [5.74, 6) is -0.235. The highest BCUT2D eigenvalue weighted by molar-refractivity contribution is 5.84. The van der Waals surface area contributed by atoms with E-state index in [0.29, 0.717) is 17.7 Å². The van der Waals surface area contributed by atoms with Crippen LogP contribution in [0.4, 0.5) is 4.39 Å². The van der Waals surface area contributed by atoms with Crippen molar-refractivity contribution < 1.29 is 13.9 Å². The fourth-order valence-corrected chi connectivity index (χ4v) is 2.24. The zero-order valence-electron chi connectivity index (χ0n) is 10.1. The number of likely N-dealkylation sites (tertiary alicyclic amines) is 1. The topological polar surface area (TPSA) is 29.5 Å². The molecule has 1 atom stereocenters. The van der Waals surface area contributed by atoms with Gasteiger partial charge in [-0.05, 0) is 18.9 Å². The van der Waals surface area contributed by atoms with Crippen molar-refractivity contribution in [3.8, 4) is 5.75 Å². The standard InChI is InChI=1S/C13H16FNO2/c1-15-7-3-4-11(13(15)16)10-6-5-9(17-2)8-12(10)14/h5-6,8,11H,3-4,7H2,1-2H3. The van der Waals surface area contributed by atoms with E-state index in [4.69, 9.17) is 4.74 Å². The Hall–Kier alpha value is -1.58. The summed E-state index contributed by atoms with van der Waals surface area (Å²) in [6, 6.07) is 4.67. The first-order chi connectivity index (χ1) is 8.13. The molecule has 1 aliphatic heterocycles. The summed E-state index contributed by atoms with van der Waals surface area (Å²) in [5, 5.41) is 0. The zero-order chi connectivity index (χ0) is 12.4. The molecule has 1 fully saturated rings. The van der Waals surface area contributed by atoms with Gasteiger partial charge < -0.3 is 9.64 Å². The molecule has 2 rings (SSSR count). The minimum absolute atomic E-state index is 0.000293. The van der Waals surface area contributed by atoms with Crippen molar-refractivity contribution in [2.24, 2.45) is 0 Å². The van der Waals surface area contributed by atoms with Gasteiger partial charge in [0.15, 0.2) is 0 Å². The summed E-state index contributed by atoms with van der Waals surface area (Å²) >= 11 is 0. The fraction of sp³-hybridized carbons (Fsp3) is 0.462. The second-order valence-electron chi connectivity index (χ2n) is 4.34. The molecule has 0 radical (unpaired) electrons. The molecule has 0 aliphatic carbocycles. The Balaban J connectivity index is 2.30. The first kappa shape index (κ1) is 11.9. The molecular weight excluding hydrogens is 221 g/mol. The van der Waals surface area contributed by atoms with Crippen molar-refractivity contribution in [1.82, 2.24) is 4.90 Å². The first-order valence-corrected chi connectivity index (χ1v) is 5.72. The number of hydrogen-bond acceptors (Lipinski definition) is 2. The Morgan fingerprint density at radius 3 is 2.88 bits per heavy atom. The number of nitrogens with zero attached hydrogens (tertiary/aromatic N) is 1. The van der Waals surface area contributed by atoms with E-state index < -0.39 is 0 Å². The van der Waals surface area contributed by atoms with Crippen LogP contribution in [0.1, 0.15) is 24.3 Å². The number of benzene rings is 1. The van der Waals surface area contributed by atoms with Gasteiger partial charge in [0.1, 0.15) is 11.6 Å². The van der Waals surface area contributed by atoms with Crippen molar-refractivity contribution in [1.29, 1.82) is 0 Å². The molecule has 0 N–H and O–H groups in total. The summed E-state index contributed by atoms with van der Waals surface area (Å²) in [4.78, 5) is 13.6. The lowest BCUT2D eigenvalue weighted by molar-refractivity contribution is -0.133. The minimum atomic E-state index is -0.363. The third kappa shape index (κ3) is 2.25. The Morgan fingerprint density at radius 2 is 2.24 bits per heavy atom. The highest BCUT2D eigenvalue weighted by atomic mass is 19.1. The average Bonchev–Trinajstić information content (AvgIpc) is 2.33. The lowest BCUT2D eigenvalue weighted by atomic mass is 9.89. The van der Waals surface area contributed by atoms with Gasteiger partial charge in [-0.15, -0.1) is 0 Å². The van der Waals surface area contributed by atoms with Crippen LogP contribution in [-0.4, -0.2) is 31.5 Å². The lowest BCUT2D eigenvalue weighted by Crippen LogP contribution is -2.37. The SMILES string of the molecule is COc1ccc(C2CCCN(C)C2=O)c(F)c1. The van der Waals surface area contributed by atoms with E-state index in [9.17, 15) is 9.18 Å². The van der Waals surface area contributed by atoms with Crippen LogP contribution in [0.15, 0.2) is 18.2 Å². The number of halogens is 1. The molecule has 1 heterocycles. The molecule has 1 aromatic rings. The lowest BCUT2D eigenvalue weighted by Gasteiger charge is -2.29. The molecule has 1 amide bonds. The van der Waals surface area contributed by atoms with E-state index in [1.54, 1.807) is 24.1 Å². The summed E-state index contributed by atoms with van der Waals surface area (Å²) in [7, 11) is 3.25. The zero-order valence-corrected chi connectivity index (χ0v) is 10.1. The molecule has 1 aromatic carbocycles. The molecular formula is C13H16FNO2. The number of carbonyl (C=O) groups excluding carboxylic acids is 1. The Kier molecular flexibility index (Phi) is 3.31. The predicted octanol–water partition coefficient (Wildman–Crippen LogP) is 2.17. The molecule has 92 valence electrons. The maximum Gasteiger partial charge on any atom is 0.229 e. The van der Waals surface area contributed by atoms with E-state index in [0.717, 1.165) is 13.0 Å². The van der Waals surface area contributed by atoms with E-state index in [1.807, 2.05) is 0 Å². The summed E-state index contributed by atoms with van der Waals surface area (Å²) in [6.07, 6.45) is 1.63. The van der Waals surface area contributed by atoms with Gasteiger partial charge in [0, 0.05) is 25.2 Å². The molecule has 0 spiro atoms. The van der Waals surface area contributed by atoms with Crippen LogP contribution in [-0.2, 0) is 4.79 Å². The number of hydrogen-bond donors (Lipinski definition) is 0. The highest BCUT2D eigenvalue weighted by Crippen LogP contribution is 2.30. The molecule has 0 bridgehead atoms. The number of rotatable bonds is 2. The second kappa shape index (κ2) is 4.73. The molecule has 0 aromatic heterocycles. The van der Waals surface area contributed by atoms with Crippen molar-refractivity contribution in [3.05, 3.63) is 29.6 Å². The van der Waals surface area contributed by atoms with Crippen LogP contribution >= 0.6 is 0 Å². The van der Waals surface area contributed by atoms with Crippen LogP contribution in [0.3, 0.4) is 0 Å². The molecule has 1 saturated heterocycles. The monoisotopic (exact) mass is 237 g/mol. The maximum atomic E-state index is 13.9. The van der Waals surface area contributed by atoms with Gasteiger partial charge in [-0.25, -0.2) is 4.39 Å². The fourth-order valence-electron chi connectivity index (χ4n) is 2.24. The van der Waals surface area contributed by atoms with Crippen LogP contribution in [0.25, 0.3) is 0 Å². The number of carbonyl (C=O) groups is 1. The number of methoxy groups -OCH3 is 1. The van der Waals surface area contributed by atoms with Gasteiger partial charge >= 0.3 is 0 Å². The van der Waals surface area contributed by atoms with Gasteiger partial charge in [0.05, 0.1) is 13.0 Å². The predicted molar refractivity (Wildman–Crippen MR) is 62.6 cm³/mol. The maximum absolute atomic E-state index is 13.9. The number of likely N-dealkylation sites (N-methyl/N-ethyl adjacent to an activating group) is 1. The summed E-state index contributed by atoms with van der Waals surface area (Å²) in [5.41, 5.74) is 0.474. The number of ether oxygens (including phenoxy) is 1. The average molecular weight is 237 g/mol. The Morgan fingerprint density at radius 1 is 1.47 bits per heavy atom. The van der Waals surface area contributed by atoms with Crippen LogP contribution in [0, 0.1) is 5.82 Å². The molecule has 1 unspecified atom stereocenters. The van der Waals surface area contributed by atoms with Gasteiger partial charge in [0.25, 0.3) is 0 Å². The Bertz CT molecular complexity index is 433. The molecule has 3 nitrogen and oxygen atoms in total. The Labute approximate surface area is 100 Å². The van der Waals surface area contributed by atoms with Crippen molar-refractivity contribution in [2.75, 3.05) is 20.7 Å². The van der Waals surface area contributed by atoms with Crippen LogP contribution in [0.2, 0.25) is 0 Å². The van der Waals surface area contributed by atoms with E-state index >= 15 is 0 Å². The molecule has 0 saturated carbocycles. The van der Waals surface area contributed by atoms with Gasteiger partial charge in [0.2, 0.25) is 5.91 Å². The smallest absolute Gasteiger partial charge is 0.229 e. The van der Waals surface area contributed by atoms with Gasteiger partial charge in [-0.3, -0.25) is 4.79 Å². The van der Waals surface area contributed by atoms with Crippen LogP contribution in [0.5, 0.6) is 5.75 Å².